The van der Waals surface area contributed by atoms with Gasteiger partial charge in [0.1, 0.15) is 12.4 Å². The maximum atomic E-state index is 12.6. The molecule has 2 aromatic heterocycles. The second-order valence-electron chi connectivity index (χ2n) is 6.53. The number of anilines is 1. The number of amides is 1. The van der Waals surface area contributed by atoms with Gasteiger partial charge in [0.05, 0.1) is 18.4 Å². The third kappa shape index (κ3) is 3.02. The summed E-state index contributed by atoms with van der Waals surface area (Å²) in [6.07, 6.45) is 5.68. The highest BCUT2D eigenvalue weighted by Crippen LogP contribution is 2.16. The largest absolute Gasteiger partial charge is 0.349 e. The van der Waals surface area contributed by atoms with E-state index >= 15 is 0 Å². The van der Waals surface area contributed by atoms with Crippen LogP contribution in [0.5, 0.6) is 0 Å². The number of piperazine rings is 1. The Morgan fingerprint density at radius 2 is 2.19 bits per heavy atom. The summed E-state index contributed by atoms with van der Waals surface area (Å²) in [5.74, 6) is 2.71. The van der Waals surface area contributed by atoms with E-state index in [4.69, 9.17) is 0 Å². The second-order valence-corrected chi connectivity index (χ2v) is 6.53. The van der Waals surface area contributed by atoms with Gasteiger partial charge in [0.15, 0.2) is 11.8 Å². The van der Waals surface area contributed by atoms with Crippen LogP contribution < -0.4 is 10.2 Å². The van der Waals surface area contributed by atoms with E-state index < -0.39 is 0 Å². The van der Waals surface area contributed by atoms with Crippen molar-refractivity contribution < 1.29 is 4.79 Å². The smallest absolute Gasteiger partial charge is 0.246 e. The number of rotatable bonds is 3. The van der Waals surface area contributed by atoms with Crippen LogP contribution in [0.15, 0.2) is 17.4 Å². The monoisotopic (exact) mass is 357 g/mol. The molecule has 10 heteroatoms. The average molecular weight is 357 g/mol. The molecule has 4 heterocycles. The number of nitrogens with zero attached hydrogens (tertiary/aromatic N) is 8. The third-order valence-corrected chi connectivity index (χ3v) is 4.83. The quantitative estimate of drug-likeness (QED) is 0.581. The molecule has 138 valence electrons. The molecule has 0 aromatic carbocycles. The molecule has 0 atom stereocenters. The first-order valence-corrected chi connectivity index (χ1v) is 8.81. The molecular formula is C16H23N9O. The number of guanidine groups is 1. The molecule has 0 radical (unpaired) electrons. The van der Waals surface area contributed by atoms with Crippen molar-refractivity contribution >= 4 is 17.6 Å². The minimum Gasteiger partial charge on any atom is -0.349 e. The highest BCUT2D eigenvalue weighted by atomic mass is 16.2. The van der Waals surface area contributed by atoms with Crippen molar-refractivity contribution in [2.75, 3.05) is 31.6 Å². The van der Waals surface area contributed by atoms with Crippen molar-refractivity contribution in [3.63, 3.8) is 0 Å². The molecule has 4 rings (SSSR count). The highest BCUT2D eigenvalue weighted by Gasteiger charge is 2.28. The fraction of sp³-hybridized carbons (Fsp3) is 0.562. The molecular weight excluding hydrogens is 334 g/mol. The predicted molar refractivity (Wildman–Crippen MR) is 95.7 cm³/mol. The van der Waals surface area contributed by atoms with E-state index in [0.717, 1.165) is 36.7 Å². The highest BCUT2D eigenvalue weighted by molar-refractivity contribution is 5.98. The first-order chi connectivity index (χ1) is 12.7. The van der Waals surface area contributed by atoms with Crippen molar-refractivity contribution in [3.05, 3.63) is 24.0 Å². The first-order valence-electron chi connectivity index (χ1n) is 8.81. The Morgan fingerprint density at radius 3 is 2.92 bits per heavy atom. The minimum atomic E-state index is 0.0376. The fourth-order valence-electron chi connectivity index (χ4n) is 3.51. The SMILES string of the molecule is CN=C(NCc1nnc2n1CCC2)N1CCN(c2cnn(C)c2)C(=O)C1. The Labute approximate surface area is 151 Å². The van der Waals surface area contributed by atoms with Gasteiger partial charge in [-0.3, -0.25) is 14.5 Å². The number of aryl methyl sites for hydroxylation is 2. The van der Waals surface area contributed by atoms with Crippen molar-refractivity contribution in [2.45, 2.75) is 25.9 Å². The van der Waals surface area contributed by atoms with Crippen molar-refractivity contribution in [1.82, 2.24) is 34.8 Å². The lowest BCUT2D eigenvalue weighted by Gasteiger charge is -2.35. The van der Waals surface area contributed by atoms with Gasteiger partial charge < -0.3 is 19.7 Å². The molecule has 1 fully saturated rings. The zero-order valence-corrected chi connectivity index (χ0v) is 15.1. The van der Waals surface area contributed by atoms with Gasteiger partial charge >= 0.3 is 0 Å². The van der Waals surface area contributed by atoms with Gasteiger partial charge in [0.25, 0.3) is 0 Å². The molecule has 0 spiro atoms. The maximum absolute atomic E-state index is 12.6. The molecule has 0 unspecified atom stereocenters. The zero-order chi connectivity index (χ0) is 18.1. The molecule has 1 amide bonds. The van der Waals surface area contributed by atoms with Crippen LogP contribution in [0.2, 0.25) is 0 Å². The summed E-state index contributed by atoms with van der Waals surface area (Å²) in [6, 6.07) is 0. The Morgan fingerprint density at radius 1 is 1.31 bits per heavy atom. The Bertz CT molecular complexity index is 837. The van der Waals surface area contributed by atoms with Crippen LogP contribution in [0.25, 0.3) is 0 Å². The first kappa shape index (κ1) is 16.6. The van der Waals surface area contributed by atoms with Gasteiger partial charge in [-0.05, 0) is 6.42 Å². The maximum Gasteiger partial charge on any atom is 0.246 e. The van der Waals surface area contributed by atoms with Gasteiger partial charge in [0.2, 0.25) is 5.91 Å². The van der Waals surface area contributed by atoms with Crippen LogP contribution in [-0.2, 0) is 31.4 Å². The van der Waals surface area contributed by atoms with E-state index in [1.54, 1.807) is 22.8 Å². The number of nitrogens with one attached hydrogen (secondary N) is 1. The molecule has 10 nitrogen and oxygen atoms in total. The van der Waals surface area contributed by atoms with E-state index in [0.29, 0.717) is 25.6 Å². The molecule has 0 saturated carbocycles. The normalized spacial score (nSPS) is 17.8. The summed E-state index contributed by atoms with van der Waals surface area (Å²) in [7, 11) is 3.58. The van der Waals surface area contributed by atoms with Gasteiger partial charge in [-0.1, -0.05) is 0 Å². The van der Waals surface area contributed by atoms with Gasteiger partial charge in [-0.2, -0.15) is 5.10 Å². The lowest BCUT2D eigenvalue weighted by molar-refractivity contribution is -0.120. The van der Waals surface area contributed by atoms with Crippen molar-refractivity contribution in [1.29, 1.82) is 0 Å². The predicted octanol–water partition coefficient (Wildman–Crippen LogP) is -0.618. The van der Waals surface area contributed by atoms with E-state index in [2.05, 4.69) is 30.2 Å². The summed E-state index contributed by atoms with van der Waals surface area (Å²) in [5.41, 5.74) is 0.833. The van der Waals surface area contributed by atoms with Crippen LogP contribution in [0.1, 0.15) is 18.1 Å². The van der Waals surface area contributed by atoms with Crippen LogP contribution in [0.3, 0.4) is 0 Å². The summed E-state index contributed by atoms with van der Waals surface area (Å²) in [4.78, 5) is 20.6. The number of aliphatic imine (C=N–C) groups is 1. The molecule has 1 saturated heterocycles. The second kappa shape index (κ2) is 6.77. The average Bonchev–Trinajstić information content (AvgIpc) is 3.34. The van der Waals surface area contributed by atoms with E-state index in [1.807, 2.05) is 18.1 Å². The Kier molecular flexibility index (Phi) is 4.31. The van der Waals surface area contributed by atoms with E-state index in [9.17, 15) is 4.79 Å². The van der Waals surface area contributed by atoms with E-state index in [1.165, 1.54) is 0 Å². The standard InChI is InChI=1S/C16H23N9O/c1-17-16(18-9-14-21-20-13-4-3-5-25(13)14)23-6-7-24(15(26)11-23)12-8-19-22(2)10-12/h8,10H,3-7,9,11H2,1-2H3,(H,17,18). The number of hydrogen-bond donors (Lipinski definition) is 1. The molecule has 0 bridgehead atoms. The van der Waals surface area contributed by atoms with Crippen molar-refractivity contribution in [3.8, 4) is 0 Å². The lowest BCUT2D eigenvalue weighted by atomic mass is 10.3. The topological polar surface area (TPSA) is 96.5 Å². The van der Waals surface area contributed by atoms with E-state index in [-0.39, 0.29) is 12.5 Å². The molecule has 1 N–H and O–H groups in total. The van der Waals surface area contributed by atoms with Crippen LogP contribution >= 0.6 is 0 Å². The third-order valence-electron chi connectivity index (χ3n) is 4.83. The molecule has 0 aliphatic carbocycles. The van der Waals surface area contributed by atoms with Crippen molar-refractivity contribution in [2.24, 2.45) is 12.0 Å². The molecule has 2 aromatic rings. The minimum absolute atomic E-state index is 0.0376. The summed E-state index contributed by atoms with van der Waals surface area (Å²) in [5, 5.41) is 15.9. The zero-order valence-electron chi connectivity index (χ0n) is 15.1. The number of hydrogen-bond acceptors (Lipinski definition) is 5. The summed E-state index contributed by atoms with van der Waals surface area (Å²) >= 11 is 0. The van der Waals surface area contributed by atoms with Crippen LogP contribution in [-0.4, -0.2) is 68.0 Å². The fourth-order valence-corrected chi connectivity index (χ4v) is 3.51. The summed E-state index contributed by atoms with van der Waals surface area (Å²) < 4.78 is 3.86. The Balaban J connectivity index is 1.38. The molecule has 2 aliphatic rings. The summed E-state index contributed by atoms with van der Waals surface area (Å²) in [6.45, 7) is 3.12. The number of carbonyl (C=O) groups is 1. The number of fused-ring (bicyclic) bond motifs is 1. The van der Waals surface area contributed by atoms with Gasteiger partial charge in [0, 0.05) is 46.3 Å². The molecule has 26 heavy (non-hydrogen) atoms. The van der Waals surface area contributed by atoms with Gasteiger partial charge in [-0.15, -0.1) is 10.2 Å². The lowest BCUT2D eigenvalue weighted by Crippen LogP contribution is -2.55. The van der Waals surface area contributed by atoms with Gasteiger partial charge in [-0.25, -0.2) is 0 Å². The van der Waals surface area contributed by atoms with Crippen LogP contribution in [0, 0.1) is 0 Å². The van der Waals surface area contributed by atoms with Crippen LogP contribution in [0.4, 0.5) is 5.69 Å². The molecule has 2 aliphatic heterocycles. The number of aromatic nitrogens is 5. The number of carbonyl (C=O) groups excluding carboxylic acids is 1. The Hall–Kier alpha value is -2.91.